The summed E-state index contributed by atoms with van der Waals surface area (Å²) in [5.74, 6) is -0.871. The van der Waals surface area contributed by atoms with Crippen LogP contribution >= 0.6 is 0 Å². The molecular weight excluding hydrogens is 238 g/mol. The van der Waals surface area contributed by atoms with Crippen LogP contribution in [0.3, 0.4) is 0 Å². The zero-order valence-corrected chi connectivity index (χ0v) is 12.2. The van der Waals surface area contributed by atoms with Crippen molar-refractivity contribution in [2.45, 2.75) is 58.9 Å². The van der Waals surface area contributed by atoms with Crippen LogP contribution in [0.15, 0.2) is 18.2 Å². The van der Waals surface area contributed by atoms with Crippen molar-refractivity contribution < 1.29 is 9.90 Å². The molecule has 2 N–H and O–H groups in total. The molecule has 0 aliphatic rings. The van der Waals surface area contributed by atoms with Gasteiger partial charge in [0.05, 0.1) is 11.3 Å². The molecule has 3 nitrogen and oxygen atoms in total. The molecule has 106 valence electrons. The Bertz CT molecular complexity index is 415. The minimum atomic E-state index is -0.871. The van der Waals surface area contributed by atoms with Gasteiger partial charge in [-0.05, 0) is 31.9 Å². The van der Waals surface area contributed by atoms with E-state index in [0.29, 0.717) is 11.6 Å². The molecule has 1 aromatic carbocycles. The molecule has 1 unspecified atom stereocenters. The maximum atomic E-state index is 11.2. The highest BCUT2D eigenvalue weighted by Gasteiger charge is 2.13. The van der Waals surface area contributed by atoms with E-state index in [2.05, 4.69) is 19.2 Å². The Morgan fingerprint density at radius 1 is 1.32 bits per heavy atom. The number of para-hydroxylation sites is 1. The van der Waals surface area contributed by atoms with Crippen LogP contribution in [0.5, 0.6) is 0 Å². The number of nitrogens with one attached hydrogen (secondary N) is 1. The fourth-order valence-electron chi connectivity index (χ4n) is 2.23. The monoisotopic (exact) mass is 263 g/mol. The average molecular weight is 263 g/mol. The fraction of sp³-hybridized carbons (Fsp3) is 0.562. The molecule has 3 heteroatoms. The number of rotatable bonds is 8. The van der Waals surface area contributed by atoms with E-state index < -0.39 is 5.97 Å². The Balaban J connectivity index is 2.63. The average Bonchev–Trinajstić information content (AvgIpc) is 2.37. The van der Waals surface area contributed by atoms with Gasteiger partial charge in [-0.2, -0.15) is 0 Å². The maximum absolute atomic E-state index is 11.2. The summed E-state index contributed by atoms with van der Waals surface area (Å²) in [6.07, 6.45) is 6.03. The second-order valence-electron chi connectivity index (χ2n) is 5.20. The largest absolute Gasteiger partial charge is 0.478 e. The van der Waals surface area contributed by atoms with Gasteiger partial charge in [-0.3, -0.25) is 0 Å². The smallest absolute Gasteiger partial charge is 0.337 e. The number of aromatic carboxylic acids is 1. The lowest BCUT2D eigenvalue weighted by Crippen LogP contribution is -2.18. The second-order valence-corrected chi connectivity index (χ2v) is 5.20. The molecule has 0 saturated heterocycles. The summed E-state index contributed by atoms with van der Waals surface area (Å²) in [4.78, 5) is 11.2. The standard InChI is InChI=1S/C16H25NO2/c1-4-5-6-7-10-13(3)17-15-12(2)9-8-11-14(15)16(18)19/h8-9,11,13,17H,4-7,10H2,1-3H3,(H,18,19). The van der Waals surface area contributed by atoms with Gasteiger partial charge >= 0.3 is 5.97 Å². The number of anilines is 1. The number of carboxylic acid groups (broad SMARTS) is 1. The summed E-state index contributed by atoms with van der Waals surface area (Å²) in [5, 5.41) is 12.6. The molecule has 0 spiro atoms. The third kappa shape index (κ3) is 4.93. The van der Waals surface area contributed by atoms with Gasteiger partial charge in [0.25, 0.3) is 0 Å². The minimum Gasteiger partial charge on any atom is -0.478 e. The van der Waals surface area contributed by atoms with E-state index in [1.165, 1.54) is 25.7 Å². The Kier molecular flexibility index (Phi) is 6.40. The predicted octanol–water partition coefficient (Wildman–Crippen LogP) is 4.46. The zero-order valence-electron chi connectivity index (χ0n) is 12.2. The predicted molar refractivity (Wildman–Crippen MR) is 80.0 cm³/mol. The second kappa shape index (κ2) is 7.82. The number of hydrogen-bond donors (Lipinski definition) is 2. The molecule has 1 aromatic rings. The molecule has 0 heterocycles. The quantitative estimate of drug-likeness (QED) is 0.681. The lowest BCUT2D eigenvalue weighted by atomic mass is 10.0. The summed E-state index contributed by atoms with van der Waals surface area (Å²) in [6, 6.07) is 5.69. The summed E-state index contributed by atoms with van der Waals surface area (Å²) in [5.41, 5.74) is 2.11. The molecule has 0 fully saturated rings. The maximum Gasteiger partial charge on any atom is 0.337 e. The molecule has 0 aromatic heterocycles. The number of carbonyl (C=O) groups is 1. The van der Waals surface area contributed by atoms with Crippen LogP contribution in [0.1, 0.15) is 61.9 Å². The van der Waals surface area contributed by atoms with Crippen molar-refractivity contribution in [3.05, 3.63) is 29.3 Å². The lowest BCUT2D eigenvalue weighted by Gasteiger charge is -2.18. The normalized spacial score (nSPS) is 12.2. The number of hydrogen-bond acceptors (Lipinski definition) is 2. The first-order valence-corrected chi connectivity index (χ1v) is 7.15. The molecule has 0 amide bonds. The van der Waals surface area contributed by atoms with Crippen LogP contribution in [0.25, 0.3) is 0 Å². The highest BCUT2D eigenvalue weighted by Crippen LogP contribution is 2.22. The molecule has 0 bridgehead atoms. The first kappa shape index (κ1) is 15.5. The molecule has 0 radical (unpaired) electrons. The van der Waals surface area contributed by atoms with E-state index >= 15 is 0 Å². The molecule has 1 atom stereocenters. The topological polar surface area (TPSA) is 49.3 Å². The summed E-state index contributed by atoms with van der Waals surface area (Å²) in [7, 11) is 0. The Labute approximate surface area is 116 Å². The van der Waals surface area contributed by atoms with Gasteiger partial charge in [0, 0.05) is 6.04 Å². The number of carboxylic acids is 1. The van der Waals surface area contributed by atoms with Crippen LogP contribution in [-0.4, -0.2) is 17.1 Å². The van der Waals surface area contributed by atoms with Gasteiger partial charge in [-0.1, -0.05) is 44.7 Å². The molecule has 1 rings (SSSR count). The Hall–Kier alpha value is -1.51. The molecule has 0 saturated carbocycles. The summed E-state index contributed by atoms with van der Waals surface area (Å²) >= 11 is 0. The van der Waals surface area contributed by atoms with Gasteiger partial charge in [-0.15, -0.1) is 0 Å². The van der Waals surface area contributed by atoms with Gasteiger partial charge in [0.15, 0.2) is 0 Å². The van der Waals surface area contributed by atoms with E-state index in [9.17, 15) is 9.90 Å². The molecule has 0 aliphatic heterocycles. The molecule has 0 aliphatic carbocycles. The van der Waals surface area contributed by atoms with Crippen molar-refractivity contribution >= 4 is 11.7 Å². The zero-order chi connectivity index (χ0) is 14.3. The third-order valence-electron chi connectivity index (χ3n) is 3.38. The van der Waals surface area contributed by atoms with Crippen LogP contribution < -0.4 is 5.32 Å². The summed E-state index contributed by atoms with van der Waals surface area (Å²) < 4.78 is 0. The van der Waals surface area contributed by atoms with Gasteiger partial charge in [0.1, 0.15) is 0 Å². The lowest BCUT2D eigenvalue weighted by molar-refractivity contribution is 0.0698. The Morgan fingerprint density at radius 2 is 2.05 bits per heavy atom. The Morgan fingerprint density at radius 3 is 2.68 bits per heavy atom. The van der Waals surface area contributed by atoms with Crippen LogP contribution in [0.4, 0.5) is 5.69 Å². The van der Waals surface area contributed by atoms with Crippen molar-refractivity contribution in [1.29, 1.82) is 0 Å². The van der Waals surface area contributed by atoms with Crippen molar-refractivity contribution in [3.63, 3.8) is 0 Å². The van der Waals surface area contributed by atoms with Crippen molar-refractivity contribution in [2.24, 2.45) is 0 Å². The van der Waals surface area contributed by atoms with Gasteiger partial charge < -0.3 is 10.4 Å². The van der Waals surface area contributed by atoms with Crippen molar-refractivity contribution in [1.82, 2.24) is 0 Å². The van der Waals surface area contributed by atoms with Crippen molar-refractivity contribution in [3.8, 4) is 0 Å². The highest BCUT2D eigenvalue weighted by molar-refractivity contribution is 5.95. The highest BCUT2D eigenvalue weighted by atomic mass is 16.4. The van der Waals surface area contributed by atoms with Crippen LogP contribution in [0, 0.1) is 6.92 Å². The van der Waals surface area contributed by atoms with Crippen molar-refractivity contribution in [2.75, 3.05) is 5.32 Å². The first-order chi connectivity index (χ1) is 9.06. The van der Waals surface area contributed by atoms with E-state index in [-0.39, 0.29) is 0 Å². The van der Waals surface area contributed by atoms with Crippen LogP contribution in [0.2, 0.25) is 0 Å². The van der Waals surface area contributed by atoms with E-state index in [1.54, 1.807) is 12.1 Å². The molecule has 19 heavy (non-hydrogen) atoms. The van der Waals surface area contributed by atoms with E-state index in [1.807, 2.05) is 13.0 Å². The number of aryl methyl sites for hydroxylation is 1. The molecular formula is C16H25NO2. The number of unbranched alkanes of at least 4 members (excludes halogenated alkanes) is 3. The first-order valence-electron chi connectivity index (χ1n) is 7.15. The minimum absolute atomic E-state index is 0.302. The van der Waals surface area contributed by atoms with Gasteiger partial charge in [0.2, 0.25) is 0 Å². The summed E-state index contributed by atoms with van der Waals surface area (Å²) in [6.45, 7) is 6.26. The van der Waals surface area contributed by atoms with E-state index in [0.717, 1.165) is 17.7 Å². The third-order valence-corrected chi connectivity index (χ3v) is 3.38. The SMILES string of the molecule is CCCCCCC(C)Nc1c(C)cccc1C(=O)O. The van der Waals surface area contributed by atoms with E-state index in [4.69, 9.17) is 0 Å². The van der Waals surface area contributed by atoms with Gasteiger partial charge in [-0.25, -0.2) is 4.79 Å². The number of benzene rings is 1. The van der Waals surface area contributed by atoms with Crippen LogP contribution in [-0.2, 0) is 0 Å². The fourth-order valence-corrected chi connectivity index (χ4v) is 2.23.